The summed E-state index contributed by atoms with van der Waals surface area (Å²) in [6.45, 7) is 4.43. The van der Waals surface area contributed by atoms with Gasteiger partial charge in [0.25, 0.3) is 0 Å². The molecule has 5 atom stereocenters. The van der Waals surface area contributed by atoms with E-state index in [9.17, 15) is 4.79 Å². The minimum Gasteiger partial charge on any atom is -0.493 e. The Morgan fingerprint density at radius 3 is 1.91 bits per heavy atom. The van der Waals surface area contributed by atoms with E-state index in [-0.39, 0.29) is 35.9 Å². The summed E-state index contributed by atoms with van der Waals surface area (Å²) in [6.07, 6.45) is -1.09. The fraction of sp³-hybridized carbons (Fsp3) is 0.519. The SMILES string of the molecule is COc1ccc([C@H]2O[C@@H](OC(=O)CC(C)C)[C@H]3[C@@H]2CO[C@@H]3c2ccc(OC)c(OC)c2)cc1OC. The van der Waals surface area contributed by atoms with Crippen molar-refractivity contribution in [2.45, 2.75) is 38.8 Å². The number of carbonyl (C=O) groups is 1. The molecule has 2 aromatic carbocycles. The van der Waals surface area contributed by atoms with E-state index in [1.54, 1.807) is 28.4 Å². The van der Waals surface area contributed by atoms with Crippen molar-refractivity contribution in [3.8, 4) is 23.0 Å². The molecular weight excluding hydrogens is 452 g/mol. The van der Waals surface area contributed by atoms with Crippen LogP contribution in [0.25, 0.3) is 0 Å². The van der Waals surface area contributed by atoms with Gasteiger partial charge in [-0.3, -0.25) is 4.79 Å². The normalized spacial score (nSPS) is 25.3. The van der Waals surface area contributed by atoms with Crippen LogP contribution in [0.4, 0.5) is 0 Å². The lowest BCUT2D eigenvalue weighted by molar-refractivity contribution is -0.189. The molecule has 0 aliphatic carbocycles. The van der Waals surface area contributed by atoms with E-state index in [1.165, 1.54) is 0 Å². The molecule has 0 spiro atoms. The van der Waals surface area contributed by atoms with Gasteiger partial charge in [-0.1, -0.05) is 26.0 Å². The number of benzene rings is 2. The fourth-order valence-electron chi connectivity index (χ4n) is 4.95. The molecule has 2 aliphatic rings. The van der Waals surface area contributed by atoms with Gasteiger partial charge in [0, 0.05) is 12.3 Å². The first-order valence-corrected chi connectivity index (χ1v) is 11.8. The average Bonchev–Trinajstić information content (AvgIpc) is 3.44. The molecule has 0 N–H and O–H groups in total. The van der Waals surface area contributed by atoms with Gasteiger partial charge in [0.15, 0.2) is 23.0 Å². The predicted molar refractivity (Wildman–Crippen MR) is 128 cm³/mol. The van der Waals surface area contributed by atoms with Gasteiger partial charge >= 0.3 is 5.97 Å². The van der Waals surface area contributed by atoms with Gasteiger partial charge in [-0.15, -0.1) is 0 Å². The number of fused-ring (bicyclic) bond motifs is 1. The van der Waals surface area contributed by atoms with Gasteiger partial charge in [0.05, 0.1) is 53.2 Å². The molecule has 8 heteroatoms. The molecule has 2 fully saturated rings. The molecule has 0 bridgehead atoms. The summed E-state index contributed by atoms with van der Waals surface area (Å²) in [5, 5.41) is 0. The molecule has 0 unspecified atom stereocenters. The molecule has 2 aromatic rings. The van der Waals surface area contributed by atoms with Crippen LogP contribution >= 0.6 is 0 Å². The summed E-state index contributed by atoms with van der Waals surface area (Å²) >= 11 is 0. The molecule has 0 amide bonds. The Labute approximate surface area is 206 Å². The highest BCUT2D eigenvalue weighted by Gasteiger charge is 2.55. The number of ether oxygens (including phenoxy) is 7. The highest BCUT2D eigenvalue weighted by atomic mass is 16.7. The number of hydrogen-bond acceptors (Lipinski definition) is 8. The van der Waals surface area contributed by atoms with E-state index in [4.69, 9.17) is 33.2 Å². The Balaban J connectivity index is 1.67. The Hall–Kier alpha value is -2.97. The topological polar surface area (TPSA) is 81.7 Å². The van der Waals surface area contributed by atoms with Crippen molar-refractivity contribution >= 4 is 5.97 Å². The fourth-order valence-corrected chi connectivity index (χ4v) is 4.95. The lowest BCUT2D eigenvalue weighted by Gasteiger charge is -2.24. The maximum atomic E-state index is 12.6. The molecule has 35 heavy (non-hydrogen) atoms. The Bertz CT molecular complexity index is 982. The Morgan fingerprint density at radius 2 is 1.40 bits per heavy atom. The van der Waals surface area contributed by atoms with E-state index in [2.05, 4.69) is 0 Å². The van der Waals surface area contributed by atoms with Crippen molar-refractivity contribution in [2.24, 2.45) is 17.8 Å². The van der Waals surface area contributed by atoms with Crippen LogP contribution in [0.15, 0.2) is 36.4 Å². The molecule has 190 valence electrons. The average molecular weight is 487 g/mol. The Morgan fingerprint density at radius 1 is 0.857 bits per heavy atom. The van der Waals surface area contributed by atoms with E-state index >= 15 is 0 Å². The zero-order valence-electron chi connectivity index (χ0n) is 21.1. The van der Waals surface area contributed by atoms with Gasteiger partial charge in [0.2, 0.25) is 6.29 Å². The maximum Gasteiger partial charge on any atom is 0.308 e. The highest BCUT2D eigenvalue weighted by molar-refractivity contribution is 5.69. The minimum atomic E-state index is -0.745. The van der Waals surface area contributed by atoms with Gasteiger partial charge in [-0.2, -0.15) is 0 Å². The van der Waals surface area contributed by atoms with Crippen molar-refractivity contribution in [1.82, 2.24) is 0 Å². The van der Waals surface area contributed by atoms with Crippen LogP contribution in [0.5, 0.6) is 23.0 Å². The first-order valence-electron chi connectivity index (χ1n) is 11.8. The quantitative estimate of drug-likeness (QED) is 0.472. The largest absolute Gasteiger partial charge is 0.493 e. The smallest absolute Gasteiger partial charge is 0.308 e. The number of methoxy groups -OCH3 is 4. The predicted octanol–water partition coefficient (Wildman–Crippen LogP) is 4.71. The molecular formula is C27H34O8. The van der Waals surface area contributed by atoms with Crippen LogP contribution in [0.3, 0.4) is 0 Å². The molecule has 0 aromatic heterocycles. The molecule has 2 aliphatic heterocycles. The Kier molecular flexibility index (Phi) is 7.72. The lowest BCUT2D eigenvalue weighted by Crippen LogP contribution is -2.28. The van der Waals surface area contributed by atoms with Crippen molar-refractivity contribution in [3.05, 3.63) is 47.5 Å². The second-order valence-corrected chi connectivity index (χ2v) is 9.24. The van der Waals surface area contributed by atoms with Crippen LogP contribution < -0.4 is 18.9 Å². The van der Waals surface area contributed by atoms with Crippen LogP contribution in [-0.2, 0) is 19.0 Å². The van der Waals surface area contributed by atoms with Crippen molar-refractivity contribution in [2.75, 3.05) is 35.0 Å². The first-order chi connectivity index (χ1) is 16.9. The molecule has 0 radical (unpaired) electrons. The zero-order valence-corrected chi connectivity index (χ0v) is 21.1. The highest BCUT2D eigenvalue weighted by Crippen LogP contribution is 2.54. The number of hydrogen-bond donors (Lipinski definition) is 0. The van der Waals surface area contributed by atoms with Gasteiger partial charge in [-0.05, 0) is 41.3 Å². The third kappa shape index (κ3) is 5.04. The number of carbonyl (C=O) groups excluding carboxylic acids is 1. The van der Waals surface area contributed by atoms with Crippen molar-refractivity contribution in [1.29, 1.82) is 0 Å². The van der Waals surface area contributed by atoms with Gasteiger partial charge in [0.1, 0.15) is 0 Å². The molecule has 2 heterocycles. The van der Waals surface area contributed by atoms with Crippen molar-refractivity contribution in [3.63, 3.8) is 0 Å². The summed E-state index contributed by atoms with van der Waals surface area (Å²) < 4.78 is 40.4. The summed E-state index contributed by atoms with van der Waals surface area (Å²) in [6, 6.07) is 11.4. The van der Waals surface area contributed by atoms with Gasteiger partial charge in [-0.25, -0.2) is 0 Å². The zero-order chi connectivity index (χ0) is 25.1. The molecule has 8 nitrogen and oxygen atoms in total. The van der Waals surface area contributed by atoms with Crippen LogP contribution in [0.2, 0.25) is 0 Å². The first kappa shape index (κ1) is 25.1. The summed E-state index contributed by atoms with van der Waals surface area (Å²) in [4.78, 5) is 12.6. The van der Waals surface area contributed by atoms with E-state index < -0.39 is 6.29 Å². The second kappa shape index (κ2) is 10.7. The summed E-state index contributed by atoms with van der Waals surface area (Å²) in [5.74, 6) is 2.18. The maximum absolute atomic E-state index is 12.6. The number of esters is 1. The third-order valence-corrected chi connectivity index (χ3v) is 6.59. The number of rotatable bonds is 9. The van der Waals surface area contributed by atoms with E-state index in [0.29, 0.717) is 36.0 Å². The standard InChI is InChI=1S/C27H34O8/c1-15(2)11-23(28)34-27-24-18(25(35-27)16-7-9-19(29-3)21(12-16)31-5)14-33-26(24)17-8-10-20(30-4)22(13-17)32-6/h7-10,12-13,15,18,24-27H,11,14H2,1-6H3/t18-,24-,25+,26+,27+/m0/s1. The van der Waals surface area contributed by atoms with Crippen LogP contribution in [-0.4, -0.2) is 47.3 Å². The molecule has 4 rings (SSSR count). The second-order valence-electron chi connectivity index (χ2n) is 9.24. The minimum absolute atomic E-state index is 0.0250. The summed E-state index contributed by atoms with van der Waals surface area (Å²) in [5.41, 5.74) is 1.83. The lowest BCUT2D eigenvalue weighted by atomic mass is 9.84. The molecule has 0 saturated carbocycles. The van der Waals surface area contributed by atoms with Crippen LogP contribution in [0, 0.1) is 17.8 Å². The third-order valence-electron chi connectivity index (χ3n) is 6.59. The van der Waals surface area contributed by atoms with Crippen molar-refractivity contribution < 1.29 is 38.0 Å². The summed E-state index contributed by atoms with van der Waals surface area (Å²) in [7, 11) is 6.40. The van der Waals surface area contributed by atoms with Gasteiger partial charge < -0.3 is 33.2 Å². The monoisotopic (exact) mass is 486 g/mol. The van der Waals surface area contributed by atoms with E-state index in [1.807, 2.05) is 50.2 Å². The van der Waals surface area contributed by atoms with E-state index in [0.717, 1.165) is 11.1 Å². The van der Waals surface area contributed by atoms with Crippen LogP contribution in [0.1, 0.15) is 43.6 Å². The molecule has 2 saturated heterocycles.